The van der Waals surface area contributed by atoms with Gasteiger partial charge in [-0.2, -0.15) is 5.26 Å². The van der Waals surface area contributed by atoms with Crippen LogP contribution in [0.3, 0.4) is 0 Å². The molecular weight excluding hydrogens is 212 g/mol. The van der Waals surface area contributed by atoms with Gasteiger partial charge in [0, 0.05) is 6.54 Å². The van der Waals surface area contributed by atoms with E-state index in [0.717, 1.165) is 17.0 Å². The maximum Gasteiger partial charge on any atom is 0.142 e. The van der Waals surface area contributed by atoms with Crippen molar-refractivity contribution in [3.63, 3.8) is 0 Å². The van der Waals surface area contributed by atoms with Crippen molar-refractivity contribution >= 4 is 5.69 Å². The van der Waals surface area contributed by atoms with Crippen molar-refractivity contribution in [2.24, 2.45) is 5.41 Å². The summed E-state index contributed by atoms with van der Waals surface area (Å²) in [6.45, 7) is 8.51. The molecule has 0 unspecified atom stereocenters. The van der Waals surface area contributed by atoms with E-state index in [1.807, 2.05) is 33.8 Å². The highest BCUT2D eigenvalue weighted by Crippen LogP contribution is 2.30. The monoisotopic (exact) mass is 232 g/mol. The third-order valence-corrected chi connectivity index (χ3v) is 2.67. The lowest BCUT2D eigenvalue weighted by molar-refractivity contribution is 0.415. The first kappa shape index (κ1) is 13.4. The number of methoxy groups -OCH3 is 1. The average molecular weight is 232 g/mol. The van der Waals surface area contributed by atoms with Crippen LogP contribution in [0.5, 0.6) is 5.75 Å². The molecule has 0 radical (unpaired) electrons. The summed E-state index contributed by atoms with van der Waals surface area (Å²) in [6.07, 6.45) is 0. The molecule has 0 aromatic heterocycles. The van der Waals surface area contributed by atoms with E-state index < -0.39 is 0 Å². The molecule has 1 N–H and O–H groups in total. The predicted octanol–water partition coefficient (Wildman–Crippen LogP) is 3.27. The van der Waals surface area contributed by atoms with Crippen LogP contribution in [0, 0.1) is 30.6 Å². The minimum Gasteiger partial charge on any atom is -0.495 e. The molecule has 0 aliphatic carbocycles. The number of anilines is 1. The van der Waals surface area contributed by atoms with E-state index in [9.17, 15) is 0 Å². The van der Waals surface area contributed by atoms with Gasteiger partial charge < -0.3 is 10.1 Å². The Morgan fingerprint density at radius 1 is 1.35 bits per heavy atom. The zero-order valence-corrected chi connectivity index (χ0v) is 11.2. The molecule has 1 aromatic carbocycles. The van der Waals surface area contributed by atoms with Crippen LogP contribution >= 0.6 is 0 Å². The van der Waals surface area contributed by atoms with Gasteiger partial charge in [0.15, 0.2) is 0 Å². The van der Waals surface area contributed by atoms with E-state index >= 15 is 0 Å². The number of aryl methyl sites for hydroxylation is 2. The number of hydrogen-bond acceptors (Lipinski definition) is 3. The smallest absolute Gasteiger partial charge is 0.142 e. The van der Waals surface area contributed by atoms with Crippen molar-refractivity contribution in [2.75, 3.05) is 19.0 Å². The second-order valence-corrected chi connectivity index (χ2v) is 5.01. The second-order valence-electron chi connectivity index (χ2n) is 5.01. The van der Waals surface area contributed by atoms with Gasteiger partial charge >= 0.3 is 0 Å². The van der Waals surface area contributed by atoms with Crippen molar-refractivity contribution < 1.29 is 4.74 Å². The van der Waals surface area contributed by atoms with Gasteiger partial charge in [0.2, 0.25) is 0 Å². The second kappa shape index (κ2) is 5.09. The predicted molar refractivity (Wildman–Crippen MR) is 70.4 cm³/mol. The lowest BCUT2D eigenvalue weighted by atomic mass is 9.95. The van der Waals surface area contributed by atoms with Gasteiger partial charge in [-0.3, -0.25) is 0 Å². The van der Waals surface area contributed by atoms with Gasteiger partial charge in [0.05, 0.1) is 24.3 Å². The number of ether oxygens (including phenoxy) is 1. The molecule has 0 aliphatic rings. The van der Waals surface area contributed by atoms with Crippen molar-refractivity contribution in [3.8, 4) is 11.8 Å². The van der Waals surface area contributed by atoms with Gasteiger partial charge in [-0.1, -0.05) is 6.07 Å². The number of rotatable bonds is 4. The molecule has 0 saturated carbocycles. The molecule has 0 fully saturated rings. The third-order valence-electron chi connectivity index (χ3n) is 2.67. The van der Waals surface area contributed by atoms with Gasteiger partial charge in [-0.25, -0.2) is 0 Å². The van der Waals surface area contributed by atoms with Crippen LogP contribution in [0.4, 0.5) is 5.69 Å². The Labute approximate surface area is 103 Å². The fraction of sp³-hybridized carbons (Fsp3) is 0.500. The number of nitrogens with zero attached hydrogens (tertiary/aromatic N) is 1. The lowest BCUT2D eigenvalue weighted by Crippen LogP contribution is -2.21. The standard InChI is InChI=1S/C14H20N2O/c1-10-6-11(2)13(12(7-10)17-5)16-9-14(3,4)8-15/h6-7,16H,9H2,1-5H3. The fourth-order valence-corrected chi connectivity index (χ4v) is 1.67. The van der Waals surface area contributed by atoms with Gasteiger partial charge in [0.25, 0.3) is 0 Å². The molecule has 1 aromatic rings. The minimum absolute atomic E-state index is 0.387. The van der Waals surface area contributed by atoms with E-state index in [0.29, 0.717) is 6.54 Å². The average Bonchev–Trinajstić information content (AvgIpc) is 2.26. The van der Waals surface area contributed by atoms with E-state index in [2.05, 4.69) is 17.5 Å². The van der Waals surface area contributed by atoms with Crippen molar-refractivity contribution in [1.29, 1.82) is 5.26 Å². The maximum atomic E-state index is 8.99. The Kier molecular flexibility index (Phi) is 4.01. The first-order valence-electron chi connectivity index (χ1n) is 5.70. The molecule has 3 nitrogen and oxygen atoms in total. The Balaban J connectivity index is 2.95. The molecule has 17 heavy (non-hydrogen) atoms. The lowest BCUT2D eigenvalue weighted by Gasteiger charge is -2.20. The minimum atomic E-state index is -0.387. The van der Waals surface area contributed by atoms with Crippen LogP contribution in [-0.4, -0.2) is 13.7 Å². The maximum absolute atomic E-state index is 8.99. The first-order valence-corrected chi connectivity index (χ1v) is 5.70. The fourth-order valence-electron chi connectivity index (χ4n) is 1.67. The van der Waals surface area contributed by atoms with Gasteiger partial charge in [-0.15, -0.1) is 0 Å². The SMILES string of the molecule is COc1cc(C)cc(C)c1NCC(C)(C)C#N. The molecule has 0 bridgehead atoms. The Morgan fingerprint density at radius 3 is 2.53 bits per heavy atom. The Bertz CT molecular complexity index is 444. The van der Waals surface area contributed by atoms with Crippen LogP contribution in [0.15, 0.2) is 12.1 Å². The molecule has 0 saturated heterocycles. The number of nitrogens with one attached hydrogen (secondary N) is 1. The van der Waals surface area contributed by atoms with E-state index in [1.165, 1.54) is 5.56 Å². The molecule has 3 heteroatoms. The van der Waals surface area contributed by atoms with E-state index in [4.69, 9.17) is 10.00 Å². The zero-order valence-electron chi connectivity index (χ0n) is 11.2. The molecule has 0 atom stereocenters. The molecular formula is C14H20N2O. The summed E-state index contributed by atoms with van der Waals surface area (Å²) in [4.78, 5) is 0. The third kappa shape index (κ3) is 3.39. The first-order chi connectivity index (χ1) is 7.89. The molecule has 1 rings (SSSR count). The molecule has 0 heterocycles. The summed E-state index contributed by atoms with van der Waals surface area (Å²) in [5.41, 5.74) is 2.89. The largest absolute Gasteiger partial charge is 0.495 e. The quantitative estimate of drug-likeness (QED) is 0.866. The van der Waals surface area contributed by atoms with E-state index in [-0.39, 0.29) is 5.41 Å². The summed E-state index contributed by atoms with van der Waals surface area (Å²) < 4.78 is 5.36. The number of nitriles is 1. The van der Waals surface area contributed by atoms with Crippen LogP contribution in [0.1, 0.15) is 25.0 Å². The van der Waals surface area contributed by atoms with Gasteiger partial charge in [0.1, 0.15) is 5.75 Å². The van der Waals surface area contributed by atoms with Crippen molar-refractivity contribution in [3.05, 3.63) is 23.3 Å². The van der Waals surface area contributed by atoms with Crippen LogP contribution in [0.2, 0.25) is 0 Å². The highest BCUT2D eigenvalue weighted by molar-refractivity contribution is 5.63. The van der Waals surface area contributed by atoms with Gasteiger partial charge in [-0.05, 0) is 44.9 Å². The van der Waals surface area contributed by atoms with Crippen LogP contribution < -0.4 is 10.1 Å². The normalized spacial score (nSPS) is 10.8. The Morgan fingerprint density at radius 2 is 2.00 bits per heavy atom. The molecule has 0 spiro atoms. The highest BCUT2D eigenvalue weighted by Gasteiger charge is 2.17. The molecule has 0 amide bonds. The summed E-state index contributed by atoms with van der Waals surface area (Å²) in [5, 5.41) is 12.3. The molecule has 0 aliphatic heterocycles. The van der Waals surface area contributed by atoms with E-state index in [1.54, 1.807) is 7.11 Å². The van der Waals surface area contributed by atoms with Crippen molar-refractivity contribution in [2.45, 2.75) is 27.7 Å². The highest BCUT2D eigenvalue weighted by atomic mass is 16.5. The van der Waals surface area contributed by atoms with Crippen molar-refractivity contribution in [1.82, 2.24) is 0 Å². The summed E-state index contributed by atoms with van der Waals surface area (Å²) in [6, 6.07) is 6.37. The zero-order chi connectivity index (χ0) is 13.1. The summed E-state index contributed by atoms with van der Waals surface area (Å²) in [7, 11) is 1.66. The number of hydrogen-bond donors (Lipinski definition) is 1. The van der Waals surface area contributed by atoms with Crippen LogP contribution in [0.25, 0.3) is 0 Å². The summed E-state index contributed by atoms with van der Waals surface area (Å²) >= 11 is 0. The topological polar surface area (TPSA) is 45.0 Å². The molecule has 92 valence electrons. The Hall–Kier alpha value is -1.69. The van der Waals surface area contributed by atoms with Crippen LogP contribution in [-0.2, 0) is 0 Å². The summed E-state index contributed by atoms with van der Waals surface area (Å²) in [5.74, 6) is 0.830. The number of benzene rings is 1.